The number of rotatable bonds is 3. The maximum atomic E-state index is 13.9. The lowest BCUT2D eigenvalue weighted by Crippen LogP contribution is -2.15. The minimum atomic E-state index is -0.603. The number of halogens is 2. The molecule has 1 amide bonds. The summed E-state index contributed by atoms with van der Waals surface area (Å²) in [6.07, 6.45) is 0. The van der Waals surface area contributed by atoms with Crippen LogP contribution in [0.3, 0.4) is 0 Å². The molecule has 2 rings (SSSR count). The van der Waals surface area contributed by atoms with Gasteiger partial charge in [-0.3, -0.25) is 4.79 Å². The number of carbonyl (C=O) groups excluding carboxylic acids is 1. The Labute approximate surface area is 131 Å². The molecular formula is C15H12ClFN2OS. The van der Waals surface area contributed by atoms with Crippen molar-refractivity contribution in [3.63, 3.8) is 0 Å². The van der Waals surface area contributed by atoms with Gasteiger partial charge in [-0.05, 0) is 42.8 Å². The first kappa shape index (κ1) is 15.4. The van der Waals surface area contributed by atoms with E-state index in [0.717, 1.165) is 0 Å². The molecule has 0 saturated heterocycles. The number of nitrogens with two attached hydrogens (primary N) is 1. The predicted octanol–water partition coefficient (Wildman–Crippen LogP) is 3.67. The Morgan fingerprint density at radius 3 is 2.67 bits per heavy atom. The normalized spacial score (nSPS) is 10.2. The van der Waals surface area contributed by atoms with E-state index in [1.165, 1.54) is 12.1 Å². The quantitative estimate of drug-likeness (QED) is 0.848. The van der Waals surface area contributed by atoms with Crippen molar-refractivity contribution in [3.05, 3.63) is 63.9 Å². The first-order valence-electron chi connectivity index (χ1n) is 6.06. The fraction of sp³-hybridized carbons (Fsp3) is 0.0667. The van der Waals surface area contributed by atoms with Gasteiger partial charge in [0.05, 0.1) is 5.69 Å². The van der Waals surface area contributed by atoms with Crippen LogP contribution in [0.2, 0.25) is 5.02 Å². The number of hydrogen-bond acceptors (Lipinski definition) is 2. The standard InChI is InChI=1S/C15H12ClFN2OS/c1-8-10(3-2-4-11(8)16)15(20)19-13-6-5-9(14(18)21)7-12(13)17/h2-7H,1H3,(H2,18,21)(H,19,20). The second kappa shape index (κ2) is 6.20. The van der Waals surface area contributed by atoms with Crippen LogP contribution in [0.1, 0.15) is 21.5 Å². The molecule has 0 fully saturated rings. The van der Waals surface area contributed by atoms with Crippen molar-refractivity contribution in [3.8, 4) is 0 Å². The van der Waals surface area contributed by atoms with Crippen LogP contribution in [-0.4, -0.2) is 10.9 Å². The summed E-state index contributed by atoms with van der Waals surface area (Å²) in [6, 6.07) is 9.12. The van der Waals surface area contributed by atoms with Crippen molar-refractivity contribution in [1.29, 1.82) is 0 Å². The highest BCUT2D eigenvalue weighted by Gasteiger charge is 2.13. The molecule has 3 N–H and O–H groups in total. The SMILES string of the molecule is Cc1c(Cl)cccc1C(=O)Nc1ccc(C(N)=S)cc1F. The molecular weight excluding hydrogens is 311 g/mol. The highest BCUT2D eigenvalue weighted by molar-refractivity contribution is 7.80. The van der Waals surface area contributed by atoms with E-state index in [1.54, 1.807) is 31.2 Å². The van der Waals surface area contributed by atoms with E-state index in [-0.39, 0.29) is 10.7 Å². The minimum absolute atomic E-state index is 0.0550. The lowest BCUT2D eigenvalue weighted by atomic mass is 10.1. The van der Waals surface area contributed by atoms with Gasteiger partial charge in [0.2, 0.25) is 0 Å². The second-order valence-electron chi connectivity index (χ2n) is 4.43. The number of benzene rings is 2. The van der Waals surface area contributed by atoms with Crippen molar-refractivity contribution >= 4 is 40.4 Å². The Bertz CT molecular complexity index is 734. The molecule has 0 atom stereocenters. The van der Waals surface area contributed by atoms with Crippen molar-refractivity contribution in [2.24, 2.45) is 5.73 Å². The highest BCUT2D eigenvalue weighted by Crippen LogP contribution is 2.21. The molecule has 0 aliphatic carbocycles. The van der Waals surface area contributed by atoms with E-state index in [9.17, 15) is 9.18 Å². The van der Waals surface area contributed by atoms with Gasteiger partial charge in [-0.15, -0.1) is 0 Å². The van der Waals surface area contributed by atoms with E-state index < -0.39 is 11.7 Å². The molecule has 0 unspecified atom stereocenters. The zero-order valence-electron chi connectivity index (χ0n) is 11.1. The summed E-state index contributed by atoms with van der Waals surface area (Å²) in [5, 5.41) is 2.98. The average molecular weight is 323 g/mol. The van der Waals surface area contributed by atoms with Crippen LogP contribution >= 0.6 is 23.8 Å². The van der Waals surface area contributed by atoms with E-state index >= 15 is 0 Å². The molecule has 21 heavy (non-hydrogen) atoms. The third-order valence-electron chi connectivity index (χ3n) is 3.01. The van der Waals surface area contributed by atoms with E-state index in [1.807, 2.05) is 0 Å². The lowest BCUT2D eigenvalue weighted by Gasteiger charge is -2.10. The number of hydrogen-bond donors (Lipinski definition) is 2. The molecule has 0 spiro atoms. The third kappa shape index (κ3) is 3.37. The lowest BCUT2D eigenvalue weighted by molar-refractivity contribution is 0.102. The maximum absolute atomic E-state index is 13.9. The highest BCUT2D eigenvalue weighted by atomic mass is 35.5. The number of anilines is 1. The average Bonchev–Trinajstić information content (AvgIpc) is 2.43. The Morgan fingerprint density at radius 1 is 1.33 bits per heavy atom. The minimum Gasteiger partial charge on any atom is -0.389 e. The zero-order valence-corrected chi connectivity index (χ0v) is 12.7. The van der Waals surface area contributed by atoms with Crippen LogP contribution in [0, 0.1) is 12.7 Å². The first-order chi connectivity index (χ1) is 9.90. The van der Waals surface area contributed by atoms with Gasteiger partial charge >= 0.3 is 0 Å². The molecule has 2 aromatic rings. The van der Waals surface area contributed by atoms with Gasteiger partial charge in [0.1, 0.15) is 10.8 Å². The van der Waals surface area contributed by atoms with Gasteiger partial charge in [0, 0.05) is 16.1 Å². The molecule has 0 aliphatic rings. The van der Waals surface area contributed by atoms with Crippen molar-refractivity contribution in [2.45, 2.75) is 6.92 Å². The second-order valence-corrected chi connectivity index (χ2v) is 5.27. The summed E-state index contributed by atoms with van der Waals surface area (Å²) >= 11 is 10.7. The van der Waals surface area contributed by atoms with Gasteiger partial charge in [-0.25, -0.2) is 4.39 Å². The summed E-state index contributed by atoms with van der Waals surface area (Å²) < 4.78 is 13.9. The van der Waals surface area contributed by atoms with E-state index in [2.05, 4.69) is 5.32 Å². The van der Waals surface area contributed by atoms with Crippen LogP contribution in [-0.2, 0) is 0 Å². The van der Waals surface area contributed by atoms with Crippen molar-refractivity contribution in [1.82, 2.24) is 0 Å². The molecule has 0 heterocycles. The Balaban J connectivity index is 2.28. The molecule has 0 bridgehead atoms. The number of carbonyl (C=O) groups is 1. The summed E-state index contributed by atoms with van der Waals surface area (Å²) in [5.74, 6) is -1.04. The molecule has 0 aromatic heterocycles. The summed E-state index contributed by atoms with van der Waals surface area (Å²) in [6.45, 7) is 1.73. The van der Waals surface area contributed by atoms with Crippen molar-refractivity contribution in [2.75, 3.05) is 5.32 Å². The number of amides is 1. The largest absolute Gasteiger partial charge is 0.389 e. The van der Waals surface area contributed by atoms with Crippen LogP contribution in [0.25, 0.3) is 0 Å². The number of thiocarbonyl (C=S) groups is 1. The Hall–Kier alpha value is -1.98. The van der Waals surface area contributed by atoms with E-state index in [0.29, 0.717) is 21.7 Å². The monoisotopic (exact) mass is 322 g/mol. The van der Waals surface area contributed by atoms with E-state index in [4.69, 9.17) is 29.6 Å². The van der Waals surface area contributed by atoms with Crippen molar-refractivity contribution < 1.29 is 9.18 Å². The van der Waals surface area contributed by atoms with Crippen LogP contribution in [0.4, 0.5) is 10.1 Å². The fourth-order valence-corrected chi connectivity index (χ4v) is 2.11. The Kier molecular flexibility index (Phi) is 4.55. The van der Waals surface area contributed by atoms with Crippen LogP contribution in [0.15, 0.2) is 36.4 Å². The molecule has 0 aliphatic heterocycles. The third-order valence-corrected chi connectivity index (χ3v) is 3.66. The van der Waals surface area contributed by atoms with Gasteiger partial charge in [-0.2, -0.15) is 0 Å². The summed E-state index contributed by atoms with van der Waals surface area (Å²) in [7, 11) is 0. The molecule has 108 valence electrons. The maximum Gasteiger partial charge on any atom is 0.256 e. The molecule has 0 radical (unpaired) electrons. The predicted molar refractivity (Wildman–Crippen MR) is 86.4 cm³/mol. The summed E-state index contributed by atoms with van der Waals surface area (Å²) in [4.78, 5) is 12.3. The van der Waals surface area contributed by atoms with Crippen LogP contribution < -0.4 is 11.1 Å². The van der Waals surface area contributed by atoms with Gasteiger partial charge in [0.15, 0.2) is 0 Å². The topological polar surface area (TPSA) is 55.1 Å². The zero-order chi connectivity index (χ0) is 15.6. The van der Waals surface area contributed by atoms with Gasteiger partial charge in [-0.1, -0.05) is 29.9 Å². The summed E-state index contributed by atoms with van der Waals surface area (Å²) in [5.41, 5.74) is 6.91. The number of nitrogens with one attached hydrogen (secondary N) is 1. The first-order valence-corrected chi connectivity index (χ1v) is 6.84. The molecule has 3 nitrogen and oxygen atoms in total. The molecule has 6 heteroatoms. The van der Waals surface area contributed by atoms with Crippen LogP contribution in [0.5, 0.6) is 0 Å². The van der Waals surface area contributed by atoms with Gasteiger partial charge in [0.25, 0.3) is 5.91 Å². The smallest absolute Gasteiger partial charge is 0.256 e. The molecule has 2 aromatic carbocycles. The Morgan fingerprint density at radius 2 is 2.05 bits per heavy atom. The fourth-order valence-electron chi connectivity index (χ4n) is 1.81. The molecule has 0 saturated carbocycles. The van der Waals surface area contributed by atoms with Gasteiger partial charge < -0.3 is 11.1 Å².